The smallest absolute Gasteiger partial charge is 0.349 e. The van der Waals surface area contributed by atoms with Gasteiger partial charge in [0.2, 0.25) is 10.0 Å². The van der Waals surface area contributed by atoms with E-state index in [0.717, 1.165) is 16.4 Å². The number of aromatic nitrogens is 2. The van der Waals surface area contributed by atoms with Gasteiger partial charge in [0.15, 0.2) is 5.82 Å². The highest BCUT2D eigenvalue weighted by Gasteiger charge is 2.36. The van der Waals surface area contributed by atoms with Crippen molar-refractivity contribution in [2.75, 3.05) is 11.6 Å². The highest BCUT2D eigenvalue weighted by molar-refractivity contribution is 9.10. The fourth-order valence-electron chi connectivity index (χ4n) is 3.06. The van der Waals surface area contributed by atoms with Crippen LogP contribution in [0.2, 0.25) is 0 Å². The molecule has 152 valence electrons. The summed E-state index contributed by atoms with van der Waals surface area (Å²) in [6.07, 6.45) is 0. The molecule has 0 bridgehead atoms. The monoisotopic (exact) mass is 486 g/mol. The number of anilines is 1. The van der Waals surface area contributed by atoms with E-state index < -0.39 is 27.4 Å². The Morgan fingerprint density at radius 2 is 1.97 bits per heavy atom. The largest absolute Gasteiger partial charge is 0.438 e. The first-order chi connectivity index (χ1) is 13.7. The zero-order valence-corrected chi connectivity index (χ0v) is 17.0. The van der Waals surface area contributed by atoms with E-state index in [9.17, 15) is 22.0 Å². The average Bonchev–Trinajstić information content (AvgIpc) is 3.06. The van der Waals surface area contributed by atoms with Crippen LogP contribution in [0.5, 0.6) is 0 Å². The lowest BCUT2D eigenvalue weighted by molar-refractivity contribution is 0.369. The number of nitrogens with zero attached hydrogens (tertiary/aromatic N) is 3. The lowest BCUT2D eigenvalue weighted by Gasteiger charge is -2.37. The molecular weight excluding hydrogens is 474 g/mol. The number of nitrogens with one attached hydrogen (secondary N) is 1. The minimum atomic E-state index is -4.09. The van der Waals surface area contributed by atoms with Crippen molar-refractivity contribution in [3.05, 3.63) is 74.4 Å². The van der Waals surface area contributed by atoms with Crippen molar-refractivity contribution in [2.24, 2.45) is 0 Å². The molecule has 2 heterocycles. The molecule has 0 saturated carbocycles. The van der Waals surface area contributed by atoms with Crippen LogP contribution in [-0.4, -0.2) is 29.5 Å². The van der Waals surface area contributed by atoms with Crippen LogP contribution in [0.25, 0.3) is 0 Å². The summed E-state index contributed by atoms with van der Waals surface area (Å²) >= 11 is 3.16. The molecule has 2 aromatic carbocycles. The van der Waals surface area contributed by atoms with Gasteiger partial charge in [0, 0.05) is 16.6 Å². The summed E-state index contributed by atoms with van der Waals surface area (Å²) in [6.45, 7) is -0.423. The average molecular weight is 487 g/mol. The number of H-pyrrole nitrogens is 1. The van der Waals surface area contributed by atoms with Gasteiger partial charge in [-0.2, -0.15) is 4.31 Å². The van der Waals surface area contributed by atoms with Gasteiger partial charge in [-0.3, -0.25) is 9.51 Å². The number of fused-ring (bicyclic) bond motifs is 1. The predicted octanol–water partition coefficient (Wildman–Crippen LogP) is 2.57. The quantitative estimate of drug-likeness (QED) is 0.608. The molecule has 3 aromatic rings. The lowest BCUT2D eigenvalue weighted by atomic mass is 10.2. The molecule has 0 unspecified atom stereocenters. The molecule has 0 radical (unpaired) electrons. The third kappa shape index (κ3) is 3.82. The standard InChI is InChI=1S/C17H13BrF2N4O4S/c18-11-2-1-10(13(20)5-11)7-24-9-23(8-16-21-17(25)28-22-16)14-4-3-12(19)6-15(14)29(24,26)27/h1-6H,7-9H2,(H,21,22,25). The van der Waals surface area contributed by atoms with Gasteiger partial charge >= 0.3 is 5.76 Å². The van der Waals surface area contributed by atoms with Crippen molar-refractivity contribution in [3.8, 4) is 0 Å². The van der Waals surface area contributed by atoms with Crippen LogP contribution in [0.4, 0.5) is 14.5 Å². The minimum Gasteiger partial charge on any atom is -0.349 e. The number of hydrogen-bond acceptors (Lipinski definition) is 6. The van der Waals surface area contributed by atoms with Gasteiger partial charge in [-0.1, -0.05) is 27.2 Å². The molecule has 29 heavy (non-hydrogen) atoms. The Balaban J connectivity index is 1.75. The van der Waals surface area contributed by atoms with Crippen molar-refractivity contribution in [3.63, 3.8) is 0 Å². The number of rotatable bonds is 4. The van der Waals surface area contributed by atoms with Crippen LogP contribution in [0, 0.1) is 11.6 Å². The molecule has 1 aromatic heterocycles. The number of aromatic amines is 1. The maximum atomic E-state index is 14.3. The third-order valence-corrected chi connectivity index (χ3v) is 6.70. The van der Waals surface area contributed by atoms with E-state index in [1.165, 1.54) is 18.2 Å². The molecule has 0 spiro atoms. The highest BCUT2D eigenvalue weighted by Crippen LogP contribution is 2.35. The molecule has 8 nitrogen and oxygen atoms in total. The summed E-state index contributed by atoms with van der Waals surface area (Å²) in [6, 6.07) is 7.68. The fourth-order valence-corrected chi connectivity index (χ4v) is 4.99. The summed E-state index contributed by atoms with van der Waals surface area (Å²) in [4.78, 5) is 14.9. The van der Waals surface area contributed by atoms with Crippen molar-refractivity contribution in [1.82, 2.24) is 14.4 Å². The molecule has 4 rings (SSSR count). The third-order valence-electron chi connectivity index (χ3n) is 4.40. The van der Waals surface area contributed by atoms with Crippen LogP contribution >= 0.6 is 15.9 Å². The Morgan fingerprint density at radius 3 is 2.66 bits per heavy atom. The molecule has 0 fully saturated rings. The Morgan fingerprint density at radius 1 is 1.17 bits per heavy atom. The van der Waals surface area contributed by atoms with E-state index in [1.807, 2.05) is 0 Å². The Labute approximate surface area is 171 Å². The van der Waals surface area contributed by atoms with Crippen LogP contribution < -0.4 is 10.7 Å². The van der Waals surface area contributed by atoms with E-state index in [2.05, 4.69) is 30.6 Å². The van der Waals surface area contributed by atoms with Gasteiger partial charge in [-0.05, 0) is 30.3 Å². The zero-order chi connectivity index (χ0) is 20.8. The first-order valence-electron chi connectivity index (χ1n) is 8.27. The van der Waals surface area contributed by atoms with Crippen LogP contribution in [0.15, 0.2) is 55.1 Å². The maximum Gasteiger partial charge on any atom is 0.438 e. The summed E-state index contributed by atoms with van der Waals surface area (Å²) in [7, 11) is -4.09. The van der Waals surface area contributed by atoms with E-state index >= 15 is 0 Å². The molecule has 1 N–H and O–H groups in total. The van der Waals surface area contributed by atoms with E-state index in [4.69, 9.17) is 0 Å². The van der Waals surface area contributed by atoms with E-state index in [0.29, 0.717) is 4.47 Å². The molecule has 1 aliphatic rings. The molecular formula is C17H13BrF2N4O4S. The Hall–Kier alpha value is -2.57. The first-order valence-corrected chi connectivity index (χ1v) is 10.5. The molecule has 0 aliphatic carbocycles. The van der Waals surface area contributed by atoms with Crippen molar-refractivity contribution < 1.29 is 21.7 Å². The maximum absolute atomic E-state index is 14.3. The Kier molecular flexibility index (Phi) is 5.00. The highest BCUT2D eigenvalue weighted by atomic mass is 79.9. The molecule has 12 heteroatoms. The Bertz CT molecular complexity index is 1240. The van der Waals surface area contributed by atoms with Gasteiger partial charge in [0.05, 0.1) is 18.9 Å². The number of hydrogen-bond donors (Lipinski definition) is 1. The predicted molar refractivity (Wildman–Crippen MR) is 101 cm³/mol. The molecule has 0 amide bonds. The normalized spacial score (nSPS) is 16.0. The number of halogens is 3. The van der Waals surface area contributed by atoms with Gasteiger partial charge in [-0.15, -0.1) is 0 Å². The van der Waals surface area contributed by atoms with Crippen molar-refractivity contribution >= 4 is 31.6 Å². The van der Waals surface area contributed by atoms with Crippen molar-refractivity contribution in [2.45, 2.75) is 18.0 Å². The second-order valence-electron chi connectivity index (χ2n) is 6.34. The number of sulfonamides is 1. The summed E-state index contributed by atoms with van der Waals surface area (Å²) in [5, 5.41) is 3.58. The van der Waals surface area contributed by atoms with Crippen LogP contribution in [0.3, 0.4) is 0 Å². The van der Waals surface area contributed by atoms with Gasteiger partial charge < -0.3 is 4.90 Å². The SMILES string of the molecule is O=c1[nH]c(CN2CN(Cc3ccc(Br)cc3F)S(=O)(=O)c3cc(F)ccc32)no1. The van der Waals surface area contributed by atoms with Crippen molar-refractivity contribution in [1.29, 1.82) is 0 Å². The second kappa shape index (κ2) is 7.35. The summed E-state index contributed by atoms with van der Waals surface area (Å²) in [5.41, 5.74) is 0.397. The minimum absolute atomic E-state index is 0.000781. The van der Waals surface area contributed by atoms with Gasteiger partial charge in [-0.25, -0.2) is 22.0 Å². The van der Waals surface area contributed by atoms with Gasteiger partial charge in [0.25, 0.3) is 0 Å². The van der Waals surface area contributed by atoms with Crippen LogP contribution in [0.1, 0.15) is 11.4 Å². The first kappa shape index (κ1) is 19.7. The molecule has 1 aliphatic heterocycles. The summed E-state index contributed by atoms with van der Waals surface area (Å²) < 4.78 is 60.2. The molecule has 0 saturated heterocycles. The summed E-state index contributed by atoms with van der Waals surface area (Å²) in [5.74, 6) is -1.89. The van der Waals surface area contributed by atoms with E-state index in [-0.39, 0.29) is 41.7 Å². The zero-order valence-electron chi connectivity index (χ0n) is 14.6. The second-order valence-corrected chi connectivity index (χ2v) is 9.17. The lowest BCUT2D eigenvalue weighted by Crippen LogP contribution is -2.46. The number of benzene rings is 2. The van der Waals surface area contributed by atoms with Crippen LogP contribution in [-0.2, 0) is 23.1 Å². The van der Waals surface area contributed by atoms with E-state index in [1.54, 1.807) is 11.0 Å². The topological polar surface area (TPSA) is 99.5 Å². The fraction of sp³-hybridized carbons (Fsp3) is 0.176. The van der Waals surface area contributed by atoms with Gasteiger partial charge in [0.1, 0.15) is 16.5 Å². The molecule has 0 atom stereocenters.